The van der Waals surface area contributed by atoms with E-state index in [9.17, 15) is 4.79 Å². The molecule has 0 fully saturated rings. The van der Waals surface area contributed by atoms with Crippen LogP contribution in [0.3, 0.4) is 0 Å². The summed E-state index contributed by atoms with van der Waals surface area (Å²) in [4.78, 5) is 12.7. The van der Waals surface area contributed by atoms with E-state index in [-0.39, 0.29) is 5.91 Å². The summed E-state index contributed by atoms with van der Waals surface area (Å²) in [6, 6.07) is 13.5. The second kappa shape index (κ2) is 5.93. The molecular weight excluding hydrogens is 284 g/mol. The van der Waals surface area contributed by atoms with Crippen molar-refractivity contribution in [1.29, 1.82) is 0 Å². The van der Waals surface area contributed by atoms with Crippen LogP contribution in [0, 0.1) is 6.92 Å². The van der Waals surface area contributed by atoms with E-state index in [4.69, 9.17) is 4.52 Å². The highest BCUT2D eigenvalue weighted by Crippen LogP contribution is 2.24. The molecule has 3 rings (SSSR count). The Bertz CT molecular complexity index is 733. The SMILES string of the molecule is Cc1onc(-c2ccccc2)c1CNC(=O)c1cccs1. The van der Waals surface area contributed by atoms with Crippen molar-refractivity contribution in [3.05, 3.63) is 64.0 Å². The van der Waals surface area contributed by atoms with Gasteiger partial charge in [-0.2, -0.15) is 0 Å². The van der Waals surface area contributed by atoms with Gasteiger partial charge in [0.25, 0.3) is 5.91 Å². The molecule has 2 heterocycles. The quantitative estimate of drug-likeness (QED) is 0.800. The van der Waals surface area contributed by atoms with Gasteiger partial charge in [0, 0.05) is 17.7 Å². The predicted octanol–water partition coefficient (Wildman–Crippen LogP) is 3.64. The van der Waals surface area contributed by atoms with Crippen molar-refractivity contribution in [2.75, 3.05) is 0 Å². The first-order valence-corrected chi connectivity index (χ1v) is 7.46. The third kappa shape index (κ3) is 2.87. The minimum Gasteiger partial charge on any atom is -0.361 e. The van der Waals surface area contributed by atoms with Crippen molar-refractivity contribution >= 4 is 17.2 Å². The average molecular weight is 298 g/mol. The molecule has 4 nitrogen and oxygen atoms in total. The average Bonchev–Trinajstić information content (AvgIpc) is 3.16. The molecule has 0 atom stereocenters. The highest BCUT2D eigenvalue weighted by Gasteiger charge is 2.15. The van der Waals surface area contributed by atoms with Gasteiger partial charge in [-0.1, -0.05) is 41.6 Å². The van der Waals surface area contributed by atoms with Gasteiger partial charge in [0.1, 0.15) is 11.5 Å². The fraction of sp³-hybridized carbons (Fsp3) is 0.125. The van der Waals surface area contributed by atoms with Gasteiger partial charge in [0.2, 0.25) is 0 Å². The number of carbonyl (C=O) groups is 1. The Labute approximate surface area is 126 Å². The number of thiophene rings is 1. The number of nitrogens with one attached hydrogen (secondary N) is 1. The molecule has 0 radical (unpaired) electrons. The number of nitrogens with zero attached hydrogens (tertiary/aromatic N) is 1. The molecule has 0 aliphatic heterocycles. The lowest BCUT2D eigenvalue weighted by molar-refractivity contribution is 0.0955. The van der Waals surface area contributed by atoms with Gasteiger partial charge in [-0.05, 0) is 18.4 Å². The highest BCUT2D eigenvalue weighted by molar-refractivity contribution is 7.12. The standard InChI is InChI=1S/C16H14N2O2S/c1-11-13(10-17-16(19)14-8-5-9-21-14)15(18-20-11)12-6-3-2-4-7-12/h2-9H,10H2,1H3,(H,17,19). The van der Waals surface area contributed by atoms with Crippen LogP contribution in [-0.2, 0) is 6.54 Å². The summed E-state index contributed by atoms with van der Waals surface area (Å²) in [7, 11) is 0. The third-order valence-electron chi connectivity index (χ3n) is 3.20. The Balaban J connectivity index is 1.80. The van der Waals surface area contributed by atoms with E-state index in [0.29, 0.717) is 11.4 Å². The lowest BCUT2D eigenvalue weighted by Crippen LogP contribution is -2.22. The molecule has 0 aliphatic rings. The number of amides is 1. The number of hydrogen-bond acceptors (Lipinski definition) is 4. The Morgan fingerprint density at radius 2 is 2.05 bits per heavy atom. The van der Waals surface area contributed by atoms with E-state index in [1.165, 1.54) is 11.3 Å². The van der Waals surface area contributed by atoms with Crippen LogP contribution in [-0.4, -0.2) is 11.1 Å². The first-order valence-electron chi connectivity index (χ1n) is 6.58. The maximum Gasteiger partial charge on any atom is 0.261 e. The molecule has 0 aliphatic carbocycles. The van der Waals surface area contributed by atoms with Crippen molar-refractivity contribution < 1.29 is 9.32 Å². The summed E-state index contributed by atoms with van der Waals surface area (Å²) < 4.78 is 5.27. The van der Waals surface area contributed by atoms with Gasteiger partial charge in [0.05, 0.1) is 4.88 Å². The van der Waals surface area contributed by atoms with Crippen LogP contribution in [0.5, 0.6) is 0 Å². The zero-order valence-electron chi connectivity index (χ0n) is 11.5. The number of benzene rings is 1. The predicted molar refractivity (Wildman–Crippen MR) is 82.2 cm³/mol. The van der Waals surface area contributed by atoms with E-state index >= 15 is 0 Å². The van der Waals surface area contributed by atoms with E-state index in [0.717, 1.165) is 22.6 Å². The van der Waals surface area contributed by atoms with Crippen molar-refractivity contribution in [3.8, 4) is 11.3 Å². The fourth-order valence-corrected chi connectivity index (χ4v) is 2.73. The van der Waals surface area contributed by atoms with Crippen molar-refractivity contribution in [1.82, 2.24) is 10.5 Å². The molecule has 0 spiro atoms. The minimum atomic E-state index is -0.0791. The third-order valence-corrected chi connectivity index (χ3v) is 4.07. The highest BCUT2D eigenvalue weighted by atomic mass is 32.1. The van der Waals surface area contributed by atoms with E-state index in [2.05, 4.69) is 10.5 Å². The Kier molecular flexibility index (Phi) is 3.83. The molecule has 0 saturated heterocycles. The number of hydrogen-bond donors (Lipinski definition) is 1. The summed E-state index contributed by atoms with van der Waals surface area (Å²) in [5.74, 6) is 0.643. The van der Waals surface area contributed by atoms with Crippen molar-refractivity contribution in [2.45, 2.75) is 13.5 Å². The topological polar surface area (TPSA) is 55.1 Å². The number of aromatic nitrogens is 1. The fourth-order valence-electron chi connectivity index (χ4n) is 2.09. The van der Waals surface area contributed by atoms with Crippen LogP contribution in [0.25, 0.3) is 11.3 Å². The number of rotatable bonds is 4. The Morgan fingerprint density at radius 1 is 1.24 bits per heavy atom. The maximum absolute atomic E-state index is 12.0. The van der Waals surface area contributed by atoms with Gasteiger partial charge < -0.3 is 9.84 Å². The van der Waals surface area contributed by atoms with Gasteiger partial charge in [-0.25, -0.2) is 0 Å². The molecule has 0 bridgehead atoms. The van der Waals surface area contributed by atoms with Gasteiger partial charge >= 0.3 is 0 Å². The molecule has 0 saturated carbocycles. The monoisotopic (exact) mass is 298 g/mol. The molecule has 3 aromatic rings. The minimum absolute atomic E-state index is 0.0791. The smallest absolute Gasteiger partial charge is 0.261 e. The van der Waals surface area contributed by atoms with Crippen LogP contribution in [0.4, 0.5) is 0 Å². The van der Waals surface area contributed by atoms with E-state index in [1.54, 1.807) is 6.07 Å². The van der Waals surface area contributed by atoms with Gasteiger partial charge in [-0.15, -0.1) is 11.3 Å². The number of carbonyl (C=O) groups excluding carboxylic acids is 1. The number of aryl methyl sites for hydroxylation is 1. The van der Waals surface area contributed by atoms with Crippen LogP contribution in [0.15, 0.2) is 52.4 Å². The molecule has 5 heteroatoms. The van der Waals surface area contributed by atoms with E-state index in [1.807, 2.05) is 48.7 Å². The van der Waals surface area contributed by atoms with Crippen LogP contribution in [0.2, 0.25) is 0 Å². The molecule has 1 aromatic carbocycles. The summed E-state index contributed by atoms with van der Waals surface area (Å²) >= 11 is 1.42. The van der Waals surface area contributed by atoms with Crippen LogP contribution >= 0.6 is 11.3 Å². The Morgan fingerprint density at radius 3 is 2.76 bits per heavy atom. The van der Waals surface area contributed by atoms with Gasteiger partial charge in [-0.3, -0.25) is 4.79 Å². The summed E-state index contributed by atoms with van der Waals surface area (Å²) in [6.07, 6.45) is 0. The molecular formula is C16H14N2O2S. The largest absolute Gasteiger partial charge is 0.361 e. The normalized spacial score (nSPS) is 10.5. The lowest BCUT2D eigenvalue weighted by atomic mass is 10.1. The summed E-state index contributed by atoms with van der Waals surface area (Å²) in [5, 5.41) is 8.90. The maximum atomic E-state index is 12.0. The van der Waals surface area contributed by atoms with Gasteiger partial charge in [0.15, 0.2) is 0 Å². The second-order valence-electron chi connectivity index (χ2n) is 4.59. The summed E-state index contributed by atoms with van der Waals surface area (Å²) in [5.41, 5.74) is 2.67. The molecule has 0 unspecified atom stereocenters. The van der Waals surface area contributed by atoms with E-state index < -0.39 is 0 Å². The van der Waals surface area contributed by atoms with Crippen molar-refractivity contribution in [3.63, 3.8) is 0 Å². The Hall–Kier alpha value is -2.40. The zero-order valence-corrected chi connectivity index (χ0v) is 12.3. The van der Waals surface area contributed by atoms with Crippen LogP contribution < -0.4 is 5.32 Å². The molecule has 21 heavy (non-hydrogen) atoms. The molecule has 1 N–H and O–H groups in total. The first-order chi connectivity index (χ1) is 10.3. The van der Waals surface area contributed by atoms with Crippen LogP contribution in [0.1, 0.15) is 21.0 Å². The lowest BCUT2D eigenvalue weighted by Gasteiger charge is -2.04. The van der Waals surface area contributed by atoms with Crippen molar-refractivity contribution in [2.24, 2.45) is 0 Å². The summed E-state index contributed by atoms with van der Waals surface area (Å²) in [6.45, 7) is 2.25. The molecule has 106 valence electrons. The second-order valence-corrected chi connectivity index (χ2v) is 5.54. The zero-order chi connectivity index (χ0) is 14.7. The first kappa shape index (κ1) is 13.6. The molecule has 2 aromatic heterocycles. The molecule has 1 amide bonds.